The summed E-state index contributed by atoms with van der Waals surface area (Å²) in [5.74, 6) is 6.25. The number of hydrogen-bond acceptors (Lipinski definition) is 3. The van der Waals surface area contributed by atoms with Gasteiger partial charge in [0, 0.05) is 12.0 Å². The molecule has 19 heavy (non-hydrogen) atoms. The Hall–Kier alpha value is -1.91. The Kier molecular flexibility index (Phi) is 3.19. The van der Waals surface area contributed by atoms with Crippen LogP contribution >= 0.6 is 0 Å². The minimum atomic E-state index is -0.274. The van der Waals surface area contributed by atoms with E-state index in [2.05, 4.69) is 5.43 Å². The second kappa shape index (κ2) is 4.99. The molecule has 1 unspecified atom stereocenters. The second-order valence-electron chi connectivity index (χ2n) is 4.59. The molecule has 0 saturated heterocycles. The number of nitrogens with one attached hydrogen (secondary N) is 1. The molecule has 0 bridgehead atoms. The minimum Gasteiger partial charge on any atom is -0.493 e. The molecular formula is C15H15FN2O. The van der Waals surface area contributed by atoms with Gasteiger partial charge in [0.1, 0.15) is 11.6 Å². The highest BCUT2D eigenvalue weighted by molar-refractivity contribution is 5.48. The standard InChI is InChI=1S/C15H15FN2O/c16-12-5-1-4-11(9-12)14(18-17)13-6-2-3-10-7-8-19-15(10)13/h1-6,9,14,18H,7-8,17H2. The first-order chi connectivity index (χ1) is 9.29. The minimum absolute atomic E-state index is 0.272. The summed E-state index contributed by atoms with van der Waals surface area (Å²) in [6.45, 7) is 0.687. The van der Waals surface area contributed by atoms with Gasteiger partial charge in [-0.05, 0) is 23.3 Å². The molecule has 0 aliphatic carbocycles. The molecule has 3 N–H and O–H groups in total. The molecule has 1 heterocycles. The van der Waals surface area contributed by atoms with Crippen LogP contribution in [0.5, 0.6) is 5.75 Å². The van der Waals surface area contributed by atoms with Gasteiger partial charge >= 0.3 is 0 Å². The van der Waals surface area contributed by atoms with Gasteiger partial charge in [-0.2, -0.15) is 0 Å². The number of benzene rings is 2. The number of nitrogens with two attached hydrogens (primary N) is 1. The number of fused-ring (bicyclic) bond motifs is 1. The molecule has 0 saturated carbocycles. The Bertz CT molecular complexity index is 600. The van der Waals surface area contributed by atoms with E-state index in [1.165, 1.54) is 17.7 Å². The number of hydrogen-bond donors (Lipinski definition) is 2. The van der Waals surface area contributed by atoms with Crippen molar-refractivity contribution >= 4 is 0 Å². The Balaban J connectivity index is 2.06. The number of rotatable bonds is 3. The van der Waals surface area contributed by atoms with E-state index in [9.17, 15) is 4.39 Å². The van der Waals surface area contributed by atoms with Gasteiger partial charge in [-0.15, -0.1) is 0 Å². The lowest BCUT2D eigenvalue weighted by Gasteiger charge is -2.19. The molecule has 0 fully saturated rings. The van der Waals surface area contributed by atoms with Crippen molar-refractivity contribution in [2.24, 2.45) is 5.84 Å². The van der Waals surface area contributed by atoms with Crippen LogP contribution in [0.25, 0.3) is 0 Å². The van der Waals surface area contributed by atoms with E-state index >= 15 is 0 Å². The lowest BCUT2D eigenvalue weighted by molar-refractivity contribution is 0.350. The number of ether oxygens (including phenoxy) is 1. The fourth-order valence-corrected chi connectivity index (χ4v) is 2.52. The fraction of sp³-hybridized carbons (Fsp3) is 0.200. The number of hydrazine groups is 1. The Morgan fingerprint density at radius 1 is 1.21 bits per heavy atom. The van der Waals surface area contributed by atoms with Gasteiger partial charge in [-0.3, -0.25) is 5.84 Å². The van der Waals surface area contributed by atoms with Gasteiger partial charge in [0.25, 0.3) is 0 Å². The molecule has 0 radical (unpaired) electrons. The van der Waals surface area contributed by atoms with Crippen LogP contribution in [0.4, 0.5) is 4.39 Å². The van der Waals surface area contributed by atoms with E-state index in [0.29, 0.717) is 6.61 Å². The summed E-state index contributed by atoms with van der Waals surface area (Å²) in [6.07, 6.45) is 0.906. The highest BCUT2D eigenvalue weighted by Crippen LogP contribution is 2.35. The molecule has 2 aromatic carbocycles. The van der Waals surface area contributed by atoms with Crippen LogP contribution in [0.3, 0.4) is 0 Å². The summed E-state index contributed by atoms with van der Waals surface area (Å²) in [7, 11) is 0. The predicted octanol–water partition coefficient (Wildman–Crippen LogP) is 2.31. The quantitative estimate of drug-likeness (QED) is 0.656. The second-order valence-corrected chi connectivity index (χ2v) is 4.59. The first kappa shape index (κ1) is 12.1. The maximum Gasteiger partial charge on any atom is 0.127 e. The Morgan fingerprint density at radius 3 is 2.84 bits per heavy atom. The van der Waals surface area contributed by atoms with Crippen LogP contribution in [0.15, 0.2) is 42.5 Å². The lowest BCUT2D eigenvalue weighted by Crippen LogP contribution is -2.29. The molecule has 1 atom stereocenters. The molecule has 4 heteroatoms. The van der Waals surface area contributed by atoms with E-state index in [4.69, 9.17) is 10.6 Å². The van der Waals surface area contributed by atoms with Gasteiger partial charge in [-0.25, -0.2) is 9.82 Å². The van der Waals surface area contributed by atoms with Crippen molar-refractivity contribution in [3.63, 3.8) is 0 Å². The van der Waals surface area contributed by atoms with E-state index in [1.54, 1.807) is 6.07 Å². The normalized spacial score (nSPS) is 14.8. The summed E-state index contributed by atoms with van der Waals surface area (Å²) in [4.78, 5) is 0. The van der Waals surface area contributed by atoms with E-state index in [0.717, 1.165) is 23.3 Å². The first-order valence-corrected chi connectivity index (χ1v) is 6.26. The monoisotopic (exact) mass is 258 g/mol. The maximum absolute atomic E-state index is 13.4. The topological polar surface area (TPSA) is 47.3 Å². The Morgan fingerprint density at radius 2 is 2.05 bits per heavy atom. The fourth-order valence-electron chi connectivity index (χ4n) is 2.52. The first-order valence-electron chi connectivity index (χ1n) is 6.26. The van der Waals surface area contributed by atoms with Gasteiger partial charge in [0.05, 0.1) is 12.6 Å². The highest BCUT2D eigenvalue weighted by atomic mass is 19.1. The molecule has 98 valence electrons. The molecule has 1 aliphatic heterocycles. The van der Waals surface area contributed by atoms with E-state index in [1.807, 2.05) is 24.3 Å². The van der Waals surface area contributed by atoms with E-state index in [-0.39, 0.29) is 11.9 Å². The summed E-state index contributed by atoms with van der Waals surface area (Å²) < 4.78 is 19.0. The third-order valence-electron chi connectivity index (χ3n) is 3.40. The predicted molar refractivity (Wildman–Crippen MR) is 71.2 cm³/mol. The molecule has 3 nitrogen and oxygen atoms in total. The van der Waals surface area contributed by atoms with Crippen LogP contribution in [0.1, 0.15) is 22.7 Å². The third kappa shape index (κ3) is 2.20. The molecule has 2 aromatic rings. The molecular weight excluding hydrogens is 243 g/mol. The zero-order valence-corrected chi connectivity index (χ0v) is 10.4. The van der Waals surface area contributed by atoms with Crippen molar-refractivity contribution < 1.29 is 9.13 Å². The van der Waals surface area contributed by atoms with Crippen LogP contribution in [0.2, 0.25) is 0 Å². The van der Waals surface area contributed by atoms with Crippen LogP contribution in [0, 0.1) is 5.82 Å². The molecule has 3 rings (SSSR count). The average molecular weight is 258 g/mol. The molecule has 0 spiro atoms. The van der Waals surface area contributed by atoms with Crippen molar-refractivity contribution in [1.29, 1.82) is 0 Å². The van der Waals surface area contributed by atoms with Gasteiger partial charge in [-0.1, -0.05) is 30.3 Å². The van der Waals surface area contributed by atoms with Crippen molar-refractivity contribution in [2.45, 2.75) is 12.5 Å². The third-order valence-corrected chi connectivity index (χ3v) is 3.40. The SMILES string of the molecule is NNC(c1cccc(F)c1)c1cccc2c1OCC2. The van der Waals surface area contributed by atoms with Gasteiger partial charge in [0.15, 0.2) is 0 Å². The highest BCUT2D eigenvalue weighted by Gasteiger charge is 2.22. The molecule has 0 amide bonds. The lowest BCUT2D eigenvalue weighted by atomic mass is 9.96. The summed E-state index contributed by atoms with van der Waals surface area (Å²) in [6, 6.07) is 12.1. The zero-order chi connectivity index (χ0) is 13.2. The summed E-state index contributed by atoms with van der Waals surface area (Å²) in [5.41, 5.74) is 5.65. The van der Waals surface area contributed by atoms with Gasteiger partial charge in [0.2, 0.25) is 0 Å². The zero-order valence-electron chi connectivity index (χ0n) is 10.4. The Labute approximate surface area is 111 Å². The molecule has 0 aromatic heterocycles. The number of para-hydroxylation sites is 1. The van der Waals surface area contributed by atoms with Crippen molar-refractivity contribution in [2.75, 3.05) is 6.61 Å². The van der Waals surface area contributed by atoms with Crippen molar-refractivity contribution in [3.8, 4) is 5.75 Å². The maximum atomic E-state index is 13.4. The van der Waals surface area contributed by atoms with Crippen molar-refractivity contribution in [3.05, 3.63) is 65.0 Å². The average Bonchev–Trinajstić information content (AvgIpc) is 2.89. The van der Waals surface area contributed by atoms with Crippen LogP contribution in [-0.4, -0.2) is 6.61 Å². The van der Waals surface area contributed by atoms with Crippen LogP contribution in [-0.2, 0) is 6.42 Å². The van der Waals surface area contributed by atoms with Crippen LogP contribution < -0.4 is 16.0 Å². The number of halogens is 1. The smallest absolute Gasteiger partial charge is 0.127 e. The largest absolute Gasteiger partial charge is 0.493 e. The van der Waals surface area contributed by atoms with E-state index < -0.39 is 0 Å². The molecule has 1 aliphatic rings. The van der Waals surface area contributed by atoms with Gasteiger partial charge < -0.3 is 4.74 Å². The summed E-state index contributed by atoms with van der Waals surface area (Å²) in [5, 5.41) is 0. The van der Waals surface area contributed by atoms with Crippen molar-refractivity contribution in [1.82, 2.24) is 5.43 Å². The summed E-state index contributed by atoms with van der Waals surface area (Å²) >= 11 is 0.